The third-order valence-electron chi connectivity index (χ3n) is 3.39. The fourth-order valence-electron chi connectivity index (χ4n) is 2.12. The molecule has 1 nitrogen and oxygen atoms in total. The van der Waals surface area contributed by atoms with Crippen LogP contribution in [0.25, 0.3) is 0 Å². The molecule has 0 amide bonds. The van der Waals surface area contributed by atoms with Crippen molar-refractivity contribution in [2.45, 2.75) is 38.6 Å². The lowest BCUT2D eigenvalue weighted by molar-refractivity contribution is 0.664. The fourth-order valence-corrected chi connectivity index (χ4v) is 2.12. The van der Waals surface area contributed by atoms with E-state index in [1.54, 1.807) is 0 Å². The van der Waals surface area contributed by atoms with E-state index in [2.05, 4.69) is 38.1 Å². The molecule has 0 aliphatic heterocycles. The minimum absolute atomic E-state index is 0.00918. The zero-order valence-electron chi connectivity index (χ0n) is 9.09. The first-order valence-corrected chi connectivity index (χ1v) is 5.55. The Kier molecular flexibility index (Phi) is 2.36. The van der Waals surface area contributed by atoms with Crippen LogP contribution < -0.4 is 5.73 Å². The van der Waals surface area contributed by atoms with Crippen molar-refractivity contribution in [3.63, 3.8) is 0 Å². The highest BCUT2D eigenvalue weighted by Gasteiger charge is 2.48. The second-order valence-corrected chi connectivity index (χ2v) is 4.59. The Morgan fingerprint density at radius 3 is 2.36 bits per heavy atom. The van der Waals surface area contributed by atoms with Crippen molar-refractivity contribution >= 4 is 0 Å². The molecular weight excluding hydrogens is 170 g/mol. The molecule has 1 aliphatic rings. The molecule has 1 fully saturated rings. The molecule has 2 atom stereocenters. The van der Waals surface area contributed by atoms with Crippen molar-refractivity contribution in [3.8, 4) is 0 Å². The number of hydrogen-bond acceptors (Lipinski definition) is 1. The van der Waals surface area contributed by atoms with Crippen LogP contribution in [0.2, 0.25) is 0 Å². The topological polar surface area (TPSA) is 26.0 Å². The van der Waals surface area contributed by atoms with Gasteiger partial charge in [0.25, 0.3) is 0 Å². The van der Waals surface area contributed by atoms with Gasteiger partial charge in [-0.2, -0.15) is 0 Å². The van der Waals surface area contributed by atoms with Crippen molar-refractivity contribution in [1.29, 1.82) is 0 Å². The molecule has 2 rings (SSSR count). The minimum Gasteiger partial charge on any atom is -0.321 e. The molecule has 0 saturated heterocycles. The molecule has 2 N–H and O–H groups in total. The fraction of sp³-hybridized carbons (Fsp3) is 0.538. The average Bonchev–Trinajstić information content (AvgIpc) is 2.78. The van der Waals surface area contributed by atoms with E-state index in [0.717, 1.165) is 6.42 Å². The molecular formula is C13H19N. The van der Waals surface area contributed by atoms with E-state index < -0.39 is 0 Å². The van der Waals surface area contributed by atoms with Gasteiger partial charge in [0.15, 0.2) is 0 Å². The first-order valence-electron chi connectivity index (χ1n) is 5.55. The maximum atomic E-state index is 6.24. The van der Waals surface area contributed by atoms with E-state index in [9.17, 15) is 0 Å². The van der Waals surface area contributed by atoms with Gasteiger partial charge >= 0.3 is 0 Å². The van der Waals surface area contributed by atoms with Crippen molar-refractivity contribution < 1.29 is 0 Å². The number of hydrogen-bond donors (Lipinski definition) is 1. The lowest BCUT2D eigenvalue weighted by Crippen LogP contribution is -2.21. The Labute approximate surface area is 86.3 Å². The lowest BCUT2D eigenvalue weighted by atomic mass is 10.0. The summed E-state index contributed by atoms with van der Waals surface area (Å²) in [5, 5.41) is 0. The molecule has 1 aliphatic carbocycles. The lowest BCUT2D eigenvalue weighted by Gasteiger charge is -2.11. The Balaban J connectivity index is 2.15. The molecule has 0 bridgehead atoms. The summed E-state index contributed by atoms with van der Waals surface area (Å²) in [6.45, 7) is 4.43. The van der Waals surface area contributed by atoms with Crippen molar-refractivity contribution in [3.05, 3.63) is 35.4 Å². The van der Waals surface area contributed by atoms with E-state index in [-0.39, 0.29) is 5.54 Å². The molecule has 0 heterocycles. The summed E-state index contributed by atoms with van der Waals surface area (Å²) in [4.78, 5) is 0. The van der Waals surface area contributed by atoms with Crippen LogP contribution in [0.15, 0.2) is 24.3 Å². The van der Waals surface area contributed by atoms with E-state index >= 15 is 0 Å². The number of aryl methyl sites for hydroxylation is 1. The molecule has 1 heteroatoms. The first-order chi connectivity index (χ1) is 6.66. The standard InChI is InChI=1S/C13H19N/c1-3-4-11-5-7-12(8-6-11)13(14)9-10(13)2/h5-8,10H,3-4,9,14H2,1-2H3. The van der Waals surface area contributed by atoms with Crippen LogP contribution in [0.5, 0.6) is 0 Å². The van der Waals surface area contributed by atoms with Crippen molar-refractivity contribution in [2.24, 2.45) is 11.7 Å². The molecule has 1 aromatic carbocycles. The Bertz CT molecular complexity index is 315. The number of benzene rings is 1. The summed E-state index contributed by atoms with van der Waals surface area (Å²) >= 11 is 0. The Hall–Kier alpha value is -0.820. The predicted octanol–water partition coefficient (Wildman–Crippen LogP) is 2.83. The van der Waals surface area contributed by atoms with Crippen LogP contribution in [-0.4, -0.2) is 0 Å². The van der Waals surface area contributed by atoms with Gasteiger partial charge in [-0.25, -0.2) is 0 Å². The van der Waals surface area contributed by atoms with Gasteiger partial charge < -0.3 is 5.73 Å². The average molecular weight is 189 g/mol. The van der Waals surface area contributed by atoms with Gasteiger partial charge in [-0.15, -0.1) is 0 Å². The summed E-state index contributed by atoms with van der Waals surface area (Å²) in [5.41, 5.74) is 8.96. The van der Waals surface area contributed by atoms with Crippen LogP contribution in [0.4, 0.5) is 0 Å². The van der Waals surface area contributed by atoms with E-state index in [4.69, 9.17) is 5.73 Å². The van der Waals surface area contributed by atoms with Crippen LogP contribution >= 0.6 is 0 Å². The maximum Gasteiger partial charge on any atom is 0.0439 e. The molecule has 0 aromatic heterocycles. The van der Waals surface area contributed by atoms with Gasteiger partial charge in [0, 0.05) is 5.54 Å². The number of rotatable bonds is 3. The number of nitrogens with two attached hydrogens (primary N) is 1. The highest BCUT2D eigenvalue weighted by atomic mass is 14.8. The van der Waals surface area contributed by atoms with E-state index in [1.807, 2.05) is 0 Å². The molecule has 0 radical (unpaired) electrons. The molecule has 1 aromatic rings. The summed E-state index contributed by atoms with van der Waals surface area (Å²) in [6, 6.07) is 8.85. The maximum absolute atomic E-state index is 6.24. The van der Waals surface area contributed by atoms with Crippen molar-refractivity contribution in [2.75, 3.05) is 0 Å². The van der Waals surface area contributed by atoms with Crippen LogP contribution in [-0.2, 0) is 12.0 Å². The quantitative estimate of drug-likeness (QED) is 0.777. The molecule has 1 saturated carbocycles. The van der Waals surface area contributed by atoms with Crippen molar-refractivity contribution in [1.82, 2.24) is 0 Å². The second-order valence-electron chi connectivity index (χ2n) is 4.59. The highest BCUT2D eigenvalue weighted by molar-refractivity contribution is 5.33. The zero-order chi connectivity index (χ0) is 10.2. The van der Waals surface area contributed by atoms with Gasteiger partial charge in [0.2, 0.25) is 0 Å². The molecule has 2 unspecified atom stereocenters. The predicted molar refractivity (Wildman–Crippen MR) is 60.1 cm³/mol. The SMILES string of the molecule is CCCc1ccc(C2(N)CC2C)cc1. The van der Waals surface area contributed by atoms with Gasteiger partial charge in [-0.1, -0.05) is 44.5 Å². The monoisotopic (exact) mass is 189 g/mol. The molecule has 14 heavy (non-hydrogen) atoms. The first kappa shape index (κ1) is 9.72. The second kappa shape index (κ2) is 3.39. The summed E-state index contributed by atoms with van der Waals surface area (Å²) in [6.07, 6.45) is 3.52. The third kappa shape index (κ3) is 1.57. The van der Waals surface area contributed by atoms with E-state index in [0.29, 0.717) is 5.92 Å². The largest absolute Gasteiger partial charge is 0.321 e. The Morgan fingerprint density at radius 1 is 1.36 bits per heavy atom. The van der Waals surface area contributed by atoms with Crippen LogP contribution in [0, 0.1) is 5.92 Å². The summed E-state index contributed by atoms with van der Waals surface area (Å²) in [7, 11) is 0. The minimum atomic E-state index is -0.00918. The summed E-state index contributed by atoms with van der Waals surface area (Å²) in [5.74, 6) is 0.652. The van der Waals surface area contributed by atoms with Gasteiger partial charge in [-0.3, -0.25) is 0 Å². The van der Waals surface area contributed by atoms with Crippen LogP contribution in [0.3, 0.4) is 0 Å². The van der Waals surface area contributed by atoms with Gasteiger partial charge in [-0.05, 0) is 29.9 Å². The smallest absolute Gasteiger partial charge is 0.0439 e. The normalized spacial score (nSPS) is 30.4. The Morgan fingerprint density at radius 2 is 1.93 bits per heavy atom. The van der Waals surface area contributed by atoms with E-state index in [1.165, 1.54) is 24.0 Å². The van der Waals surface area contributed by atoms with Gasteiger partial charge in [0.1, 0.15) is 0 Å². The van der Waals surface area contributed by atoms with Crippen LogP contribution in [0.1, 0.15) is 37.8 Å². The summed E-state index contributed by atoms with van der Waals surface area (Å²) < 4.78 is 0. The highest BCUT2D eigenvalue weighted by Crippen LogP contribution is 2.48. The molecule has 76 valence electrons. The zero-order valence-corrected chi connectivity index (χ0v) is 9.09. The molecule has 0 spiro atoms. The van der Waals surface area contributed by atoms with Gasteiger partial charge in [0.05, 0.1) is 0 Å². The third-order valence-corrected chi connectivity index (χ3v) is 3.39.